The molecule has 0 atom stereocenters. The smallest absolute Gasteiger partial charge is 0.256 e. The third-order valence-electron chi connectivity index (χ3n) is 8.99. The zero-order chi connectivity index (χ0) is 36.3. The van der Waals surface area contributed by atoms with Crippen molar-refractivity contribution < 1.29 is 9.59 Å². The third kappa shape index (κ3) is 7.65. The van der Waals surface area contributed by atoms with Crippen molar-refractivity contribution >= 4 is 76.9 Å². The van der Waals surface area contributed by atoms with Gasteiger partial charge < -0.3 is 10.6 Å². The van der Waals surface area contributed by atoms with Crippen LogP contribution in [0.1, 0.15) is 31.8 Å². The number of amides is 2. The van der Waals surface area contributed by atoms with Gasteiger partial charge in [-0.05, 0) is 90.3 Å². The van der Waals surface area contributed by atoms with E-state index in [1.54, 1.807) is 0 Å². The van der Waals surface area contributed by atoms with E-state index in [1.165, 1.54) is 0 Å². The Labute approximate surface area is 323 Å². The van der Waals surface area contributed by atoms with Crippen LogP contribution < -0.4 is 10.6 Å². The van der Waals surface area contributed by atoms with E-state index in [2.05, 4.69) is 42.5 Å². The number of nitrogens with zero attached hydrogens (tertiary/aromatic N) is 2. The molecule has 0 saturated carbocycles. The number of halogens is 2. The number of anilines is 2. The minimum Gasteiger partial charge on any atom is -0.322 e. The molecule has 256 valence electrons. The highest BCUT2D eigenvalue weighted by Crippen LogP contribution is 2.29. The molecular weight excluding hydrogens is 788 g/mol. The monoisotopic (exact) mass is 816 g/mol. The fraction of sp³-hybridized carbons (Fsp3) is 0.0222. The van der Waals surface area contributed by atoms with Crippen LogP contribution in [0.15, 0.2) is 167 Å². The molecule has 8 heteroatoms. The Morgan fingerprint density at radius 2 is 0.887 bits per heavy atom. The standard InChI is InChI=1S/C45H30Br2N4O2/c46-32-9-5-7-30(24-32)42-26-38(36-11-1-3-13-40(36)50-42)44(52)48-34-19-15-28(16-20-34)23-29-17-21-35(22-18-29)49-45(53)39-27-43(31-8-6-10-33(47)25-31)51-41-14-4-2-12-37(39)41/h1-22,24-27H,23H2,(H,48,52)(H,49,53). The van der Waals surface area contributed by atoms with Gasteiger partial charge in [0.1, 0.15) is 0 Å². The predicted octanol–water partition coefficient (Wildman–Crippen LogP) is 11.7. The van der Waals surface area contributed by atoms with Gasteiger partial charge in [0.25, 0.3) is 11.8 Å². The van der Waals surface area contributed by atoms with Gasteiger partial charge in [-0.3, -0.25) is 9.59 Å². The summed E-state index contributed by atoms with van der Waals surface area (Å²) in [5, 5.41) is 7.73. The van der Waals surface area contributed by atoms with Gasteiger partial charge in [0.05, 0.1) is 33.5 Å². The molecule has 0 spiro atoms. The molecule has 8 rings (SSSR count). The van der Waals surface area contributed by atoms with Gasteiger partial charge in [-0.1, -0.05) is 117 Å². The number of para-hydroxylation sites is 2. The average molecular weight is 819 g/mol. The number of aromatic nitrogens is 2. The summed E-state index contributed by atoms with van der Waals surface area (Å²) < 4.78 is 1.89. The number of carbonyl (C=O) groups is 2. The summed E-state index contributed by atoms with van der Waals surface area (Å²) in [7, 11) is 0. The van der Waals surface area contributed by atoms with Crippen molar-refractivity contribution in [2.75, 3.05) is 10.6 Å². The van der Waals surface area contributed by atoms with E-state index in [0.717, 1.165) is 64.4 Å². The number of carbonyl (C=O) groups excluding carboxylic acids is 2. The highest BCUT2D eigenvalue weighted by atomic mass is 79.9. The lowest BCUT2D eigenvalue weighted by molar-refractivity contribution is 0.102. The quantitative estimate of drug-likeness (QED) is 0.160. The Balaban J connectivity index is 0.951. The Bertz CT molecular complexity index is 2480. The highest BCUT2D eigenvalue weighted by molar-refractivity contribution is 9.10. The van der Waals surface area contributed by atoms with Crippen LogP contribution in [0.5, 0.6) is 0 Å². The Kier molecular flexibility index (Phi) is 9.63. The second-order valence-electron chi connectivity index (χ2n) is 12.6. The van der Waals surface area contributed by atoms with E-state index < -0.39 is 0 Å². The predicted molar refractivity (Wildman–Crippen MR) is 221 cm³/mol. The van der Waals surface area contributed by atoms with Gasteiger partial charge in [0.2, 0.25) is 0 Å². The number of fused-ring (bicyclic) bond motifs is 2. The number of pyridine rings is 2. The van der Waals surface area contributed by atoms with Crippen LogP contribution in [0.2, 0.25) is 0 Å². The number of hydrogen-bond acceptors (Lipinski definition) is 4. The molecule has 2 heterocycles. The number of hydrogen-bond donors (Lipinski definition) is 2. The van der Waals surface area contributed by atoms with E-state index >= 15 is 0 Å². The van der Waals surface area contributed by atoms with Crippen molar-refractivity contribution in [3.05, 3.63) is 189 Å². The van der Waals surface area contributed by atoms with Crippen LogP contribution in [0, 0.1) is 0 Å². The largest absolute Gasteiger partial charge is 0.322 e. The SMILES string of the molecule is O=C(Nc1ccc(Cc2ccc(NC(=O)c3cc(-c4cccc(Br)c4)nc4ccccc34)cc2)cc1)c1cc(-c2cccc(Br)c2)nc2ccccc12. The van der Waals surface area contributed by atoms with Crippen LogP contribution in [0.3, 0.4) is 0 Å². The molecule has 6 nitrogen and oxygen atoms in total. The Morgan fingerprint density at radius 3 is 1.30 bits per heavy atom. The first-order valence-electron chi connectivity index (χ1n) is 17.0. The summed E-state index contributed by atoms with van der Waals surface area (Å²) in [6, 6.07) is 50.6. The van der Waals surface area contributed by atoms with Crippen LogP contribution in [0.4, 0.5) is 11.4 Å². The summed E-state index contributed by atoms with van der Waals surface area (Å²) in [5.41, 5.74) is 9.53. The minimum atomic E-state index is -0.200. The molecule has 2 N–H and O–H groups in total. The summed E-state index contributed by atoms with van der Waals surface area (Å²) in [6.07, 6.45) is 0.693. The first-order valence-corrected chi connectivity index (χ1v) is 18.6. The lowest BCUT2D eigenvalue weighted by atomic mass is 10.0. The maximum atomic E-state index is 13.6. The van der Waals surface area contributed by atoms with Crippen molar-refractivity contribution in [1.82, 2.24) is 9.97 Å². The molecule has 0 aliphatic heterocycles. The lowest BCUT2D eigenvalue weighted by Gasteiger charge is -2.12. The Morgan fingerprint density at radius 1 is 0.472 bits per heavy atom. The van der Waals surface area contributed by atoms with Crippen molar-refractivity contribution in [2.24, 2.45) is 0 Å². The Hall–Kier alpha value is -5.96. The average Bonchev–Trinajstić information content (AvgIpc) is 3.18. The number of benzene rings is 6. The van der Waals surface area contributed by atoms with Gasteiger partial charge in [0.15, 0.2) is 0 Å². The van der Waals surface area contributed by atoms with Gasteiger partial charge in [-0.25, -0.2) is 9.97 Å². The van der Waals surface area contributed by atoms with E-state index in [9.17, 15) is 9.59 Å². The molecule has 0 unspecified atom stereocenters. The van der Waals surface area contributed by atoms with E-state index in [0.29, 0.717) is 28.9 Å². The number of nitrogens with one attached hydrogen (secondary N) is 2. The maximum absolute atomic E-state index is 13.6. The molecule has 0 saturated heterocycles. The summed E-state index contributed by atoms with van der Waals surface area (Å²) in [4.78, 5) is 36.9. The highest BCUT2D eigenvalue weighted by Gasteiger charge is 2.16. The van der Waals surface area contributed by atoms with Crippen LogP contribution in [-0.2, 0) is 6.42 Å². The molecule has 0 fully saturated rings. The first kappa shape index (κ1) is 34.1. The molecule has 0 bridgehead atoms. The zero-order valence-electron chi connectivity index (χ0n) is 28.2. The van der Waals surface area contributed by atoms with Gasteiger partial charge in [-0.2, -0.15) is 0 Å². The van der Waals surface area contributed by atoms with Gasteiger partial charge in [-0.15, -0.1) is 0 Å². The van der Waals surface area contributed by atoms with Crippen molar-refractivity contribution in [3.63, 3.8) is 0 Å². The number of rotatable bonds is 8. The van der Waals surface area contributed by atoms with Crippen LogP contribution in [0.25, 0.3) is 44.3 Å². The molecular formula is C45H30Br2N4O2. The zero-order valence-corrected chi connectivity index (χ0v) is 31.4. The minimum absolute atomic E-state index is 0.200. The van der Waals surface area contributed by atoms with Crippen LogP contribution >= 0.6 is 31.9 Å². The molecule has 2 aromatic heterocycles. The topological polar surface area (TPSA) is 84.0 Å². The van der Waals surface area contributed by atoms with E-state index in [4.69, 9.17) is 9.97 Å². The molecule has 2 amide bonds. The molecule has 0 radical (unpaired) electrons. The van der Waals surface area contributed by atoms with Gasteiger partial charge >= 0.3 is 0 Å². The first-order chi connectivity index (χ1) is 25.9. The van der Waals surface area contributed by atoms with E-state index in [-0.39, 0.29) is 11.8 Å². The third-order valence-corrected chi connectivity index (χ3v) is 9.98. The normalized spacial score (nSPS) is 11.1. The van der Waals surface area contributed by atoms with Crippen LogP contribution in [-0.4, -0.2) is 21.8 Å². The van der Waals surface area contributed by atoms with E-state index in [1.807, 2.05) is 158 Å². The van der Waals surface area contributed by atoms with Crippen molar-refractivity contribution in [1.29, 1.82) is 0 Å². The molecule has 0 aliphatic rings. The molecule has 6 aromatic carbocycles. The fourth-order valence-corrected chi connectivity index (χ4v) is 7.16. The lowest BCUT2D eigenvalue weighted by Crippen LogP contribution is -2.13. The van der Waals surface area contributed by atoms with Gasteiger partial charge in [0, 0.05) is 42.2 Å². The molecule has 0 aliphatic carbocycles. The summed E-state index contributed by atoms with van der Waals surface area (Å²) >= 11 is 7.08. The summed E-state index contributed by atoms with van der Waals surface area (Å²) in [5.74, 6) is -0.399. The second kappa shape index (κ2) is 14.9. The fourth-order valence-electron chi connectivity index (χ4n) is 6.36. The maximum Gasteiger partial charge on any atom is 0.256 e. The summed E-state index contributed by atoms with van der Waals surface area (Å²) in [6.45, 7) is 0. The van der Waals surface area contributed by atoms with Crippen molar-refractivity contribution in [2.45, 2.75) is 6.42 Å². The second-order valence-corrected chi connectivity index (χ2v) is 14.5. The molecule has 53 heavy (non-hydrogen) atoms. The van der Waals surface area contributed by atoms with Crippen molar-refractivity contribution in [3.8, 4) is 22.5 Å². The molecule has 8 aromatic rings.